The number of rotatable bonds is 4. The molecular formula is C16H15BrO4. The second-order valence-electron chi connectivity index (χ2n) is 5.15. The molecule has 2 N–H and O–H groups in total. The molecule has 110 valence electrons. The van der Waals surface area contributed by atoms with Gasteiger partial charge in [0.25, 0.3) is 0 Å². The van der Waals surface area contributed by atoms with Gasteiger partial charge in [0.15, 0.2) is 0 Å². The smallest absolute Gasteiger partial charge is 0.331 e. The van der Waals surface area contributed by atoms with Crippen molar-refractivity contribution in [3.8, 4) is 0 Å². The Morgan fingerprint density at radius 2 is 1.86 bits per heavy atom. The summed E-state index contributed by atoms with van der Waals surface area (Å²) < 4.78 is 0. The third kappa shape index (κ3) is 2.93. The number of hydrogen-bond donors (Lipinski definition) is 2. The third-order valence-corrected chi connectivity index (χ3v) is 4.27. The normalized spacial score (nSPS) is 21.4. The van der Waals surface area contributed by atoms with Gasteiger partial charge >= 0.3 is 11.9 Å². The van der Waals surface area contributed by atoms with Gasteiger partial charge in [-0.05, 0) is 24.1 Å². The van der Waals surface area contributed by atoms with Gasteiger partial charge < -0.3 is 10.2 Å². The largest absolute Gasteiger partial charge is 0.480 e. The molecule has 1 unspecified atom stereocenters. The fraction of sp³-hybridized carbons (Fsp3) is 0.250. The minimum absolute atomic E-state index is 0.0529. The molecule has 2 rings (SSSR count). The number of carbonyl (C=O) groups is 2. The quantitative estimate of drug-likeness (QED) is 0.817. The summed E-state index contributed by atoms with van der Waals surface area (Å²) in [5, 5.41) is 19.6. The van der Waals surface area contributed by atoms with E-state index in [1.807, 2.05) is 12.1 Å². The van der Waals surface area contributed by atoms with Crippen LogP contribution in [-0.2, 0) is 20.3 Å². The van der Waals surface area contributed by atoms with Crippen molar-refractivity contribution in [2.75, 3.05) is 0 Å². The fourth-order valence-corrected chi connectivity index (χ4v) is 2.96. The molecule has 21 heavy (non-hydrogen) atoms. The molecular weight excluding hydrogens is 336 g/mol. The second kappa shape index (κ2) is 5.85. The van der Waals surface area contributed by atoms with Crippen LogP contribution >= 0.6 is 15.9 Å². The van der Waals surface area contributed by atoms with Gasteiger partial charge in [-0.3, -0.25) is 4.79 Å². The molecule has 1 aromatic carbocycles. The van der Waals surface area contributed by atoms with E-state index in [4.69, 9.17) is 0 Å². The maximum atomic E-state index is 11.9. The van der Waals surface area contributed by atoms with Crippen molar-refractivity contribution in [2.45, 2.75) is 24.1 Å². The summed E-state index contributed by atoms with van der Waals surface area (Å²) in [6, 6.07) is 7.19. The van der Waals surface area contributed by atoms with Crippen LogP contribution in [0, 0.1) is 0 Å². The summed E-state index contributed by atoms with van der Waals surface area (Å²) in [4.78, 5) is 23.1. The number of carboxylic acid groups (broad SMARTS) is 2. The minimum atomic E-state index is -1.32. The molecule has 0 saturated carbocycles. The number of benzene rings is 1. The SMILES string of the molecule is CC1=CC(C(=O)O)(c2ccc(CBr)cc2)CC(C(=O)O)=C1. The summed E-state index contributed by atoms with van der Waals surface area (Å²) in [5.74, 6) is -2.12. The van der Waals surface area contributed by atoms with Gasteiger partial charge in [-0.2, -0.15) is 0 Å². The van der Waals surface area contributed by atoms with E-state index in [1.165, 1.54) is 6.08 Å². The van der Waals surface area contributed by atoms with Gasteiger partial charge in [-0.1, -0.05) is 51.8 Å². The van der Waals surface area contributed by atoms with Crippen LogP contribution in [0.2, 0.25) is 0 Å². The summed E-state index contributed by atoms with van der Waals surface area (Å²) >= 11 is 3.34. The Kier molecular flexibility index (Phi) is 4.32. The van der Waals surface area contributed by atoms with Crippen LogP contribution in [0.1, 0.15) is 24.5 Å². The average molecular weight is 351 g/mol. The predicted octanol–water partition coefficient (Wildman–Crippen LogP) is 3.26. The molecule has 0 fully saturated rings. The molecule has 4 nitrogen and oxygen atoms in total. The molecule has 1 aromatic rings. The first-order valence-electron chi connectivity index (χ1n) is 6.41. The molecule has 0 aliphatic heterocycles. The van der Waals surface area contributed by atoms with E-state index >= 15 is 0 Å². The van der Waals surface area contributed by atoms with E-state index in [1.54, 1.807) is 25.1 Å². The average Bonchev–Trinajstić information content (AvgIpc) is 2.46. The van der Waals surface area contributed by atoms with Crippen molar-refractivity contribution in [2.24, 2.45) is 0 Å². The lowest BCUT2D eigenvalue weighted by atomic mass is 9.71. The van der Waals surface area contributed by atoms with Crippen LogP contribution in [-0.4, -0.2) is 22.2 Å². The number of hydrogen-bond acceptors (Lipinski definition) is 2. The van der Waals surface area contributed by atoms with Crippen molar-refractivity contribution in [1.82, 2.24) is 0 Å². The van der Waals surface area contributed by atoms with Crippen LogP contribution in [0.15, 0.2) is 47.6 Å². The lowest BCUT2D eigenvalue weighted by molar-refractivity contribution is -0.142. The Labute approximate surface area is 130 Å². The number of alkyl halides is 1. The predicted molar refractivity (Wildman–Crippen MR) is 82.5 cm³/mol. The zero-order valence-electron chi connectivity index (χ0n) is 11.5. The van der Waals surface area contributed by atoms with Crippen molar-refractivity contribution in [1.29, 1.82) is 0 Å². The fourth-order valence-electron chi connectivity index (χ4n) is 2.58. The summed E-state index contributed by atoms with van der Waals surface area (Å²) in [5.41, 5.74) is 1.06. The summed E-state index contributed by atoms with van der Waals surface area (Å²) in [7, 11) is 0. The Hall–Kier alpha value is -1.88. The molecule has 1 aliphatic rings. The van der Waals surface area contributed by atoms with Gasteiger partial charge in [0.05, 0.1) is 0 Å². The Morgan fingerprint density at radius 3 is 2.33 bits per heavy atom. The van der Waals surface area contributed by atoms with E-state index in [-0.39, 0.29) is 12.0 Å². The van der Waals surface area contributed by atoms with E-state index in [9.17, 15) is 19.8 Å². The molecule has 0 heterocycles. The number of halogens is 1. The highest BCUT2D eigenvalue weighted by Crippen LogP contribution is 2.38. The molecule has 5 heteroatoms. The highest BCUT2D eigenvalue weighted by atomic mass is 79.9. The maximum Gasteiger partial charge on any atom is 0.331 e. The van der Waals surface area contributed by atoms with Gasteiger partial charge in [0, 0.05) is 17.3 Å². The molecule has 1 atom stereocenters. The molecule has 0 spiro atoms. The van der Waals surface area contributed by atoms with Gasteiger partial charge in [0.2, 0.25) is 0 Å². The van der Waals surface area contributed by atoms with Crippen LogP contribution in [0.3, 0.4) is 0 Å². The molecule has 0 radical (unpaired) electrons. The Balaban J connectivity index is 2.54. The standard InChI is InChI=1S/C16H15BrO4/c1-10-6-12(14(18)19)8-16(7-10,15(20)21)13-4-2-11(9-17)3-5-13/h2-7H,8-9H2,1H3,(H,18,19)(H,20,21). The van der Waals surface area contributed by atoms with E-state index in [0.717, 1.165) is 5.56 Å². The number of aliphatic carboxylic acids is 2. The molecule has 0 bridgehead atoms. The first kappa shape index (κ1) is 15.5. The first-order valence-corrected chi connectivity index (χ1v) is 7.53. The highest BCUT2D eigenvalue weighted by Gasteiger charge is 2.42. The summed E-state index contributed by atoms with van der Waals surface area (Å²) in [6.07, 6.45) is 3.10. The Morgan fingerprint density at radius 1 is 1.24 bits per heavy atom. The molecule has 1 aliphatic carbocycles. The van der Waals surface area contributed by atoms with Crippen molar-refractivity contribution < 1.29 is 19.8 Å². The number of carboxylic acids is 2. The zero-order chi connectivity index (χ0) is 15.6. The second-order valence-corrected chi connectivity index (χ2v) is 5.71. The number of allylic oxidation sites excluding steroid dienone is 2. The van der Waals surface area contributed by atoms with Crippen LogP contribution < -0.4 is 0 Å². The topological polar surface area (TPSA) is 74.6 Å². The zero-order valence-corrected chi connectivity index (χ0v) is 13.1. The van der Waals surface area contributed by atoms with Crippen molar-refractivity contribution in [3.05, 3.63) is 58.7 Å². The molecule has 0 amide bonds. The van der Waals surface area contributed by atoms with Crippen molar-refractivity contribution in [3.63, 3.8) is 0 Å². The Bertz CT molecular complexity index is 643. The van der Waals surface area contributed by atoms with Crippen LogP contribution in [0.5, 0.6) is 0 Å². The summed E-state index contributed by atoms with van der Waals surface area (Å²) in [6.45, 7) is 1.71. The van der Waals surface area contributed by atoms with Gasteiger partial charge in [0.1, 0.15) is 5.41 Å². The van der Waals surface area contributed by atoms with Gasteiger partial charge in [-0.15, -0.1) is 0 Å². The van der Waals surface area contributed by atoms with Gasteiger partial charge in [-0.25, -0.2) is 4.79 Å². The van der Waals surface area contributed by atoms with E-state index in [0.29, 0.717) is 16.5 Å². The van der Waals surface area contributed by atoms with E-state index in [2.05, 4.69) is 15.9 Å². The molecule has 0 saturated heterocycles. The van der Waals surface area contributed by atoms with Crippen LogP contribution in [0.25, 0.3) is 0 Å². The third-order valence-electron chi connectivity index (χ3n) is 3.62. The maximum absolute atomic E-state index is 11.9. The molecule has 0 aromatic heterocycles. The van der Waals surface area contributed by atoms with Crippen molar-refractivity contribution >= 4 is 27.9 Å². The first-order chi connectivity index (χ1) is 9.89. The lowest BCUT2D eigenvalue weighted by Gasteiger charge is -2.30. The highest BCUT2D eigenvalue weighted by molar-refractivity contribution is 9.08. The lowest BCUT2D eigenvalue weighted by Crippen LogP contribution is -2.37. The minimum Gasteiger partial charge on any atom is -0.480 e. The van der Waals surface area contributed by atoms with Crippen LogP contribution in [0.4, 0.5) is 0 Å². The van der Waals surface area contributed by atoms with E-state index < -0.39 is 17.4 Å². The monoisotopic (exact) mass is 350 g/mol.